The third-order valence-corrected chi connectivity index (χ3v) is 7.83. The number of aromatic nitrogens is 1. The molecule has 5 aromatic rings. The predicted molar refractivity (Wildman–Crippen MR) is 152 cm³/mol. The van der Waals surface area contributed by atoms with E-state index in [1.54, 1.807) is 0 Å². The summed E-state index contributed by atoms with van der Waals surface area (Å²) in [5.74, 6) is 2.50. The molecule has 0 fully saturated rings. The van der Waals surface area contributed by atoms with Gasteiger partial charge in [-0.15, -0.1) is 0 Å². The van der Waals surface area contributed by atoms with Crippen LogP contribution in [0.5, 0.6) is 11.5 Å². The monoisotopic (exact) mass is 474 g/mol. The van der Waals surface area contributed by atoms with Crippen LogP contribution in [0.25, 0.3) is 43.6 Å². The normalized spacial score (nSPS) is 13.0. The maximum Gasteiger partial charge on any atom is 0.228 e. The zero-order chi connectivity index (χ0) is 25.5. The van der Waals surface area contributed by atoms with Gasteiger partial charge in [0.15, 0.2) is 6.20 Å². The summed E-state index contributed by atoms with van der Waals surface area (Å²) < 4.78 is 9.28. The van der Waals surface area contributed by atoms with Crippen molar-refractivity contribution in [1.82, 2.24) is 0 Å². The molecule has 2 nitrogen and oxygen atoms in total. The molecule has 0 N–H and O–H groups in total. The number of hydrogen-bond donors (Lipinski definition) is 0. The van der Waals surface area contributed by atoms with Crippen LogP contribution in [0.15, 0.2) is 54.7 Å². The van der Waals surface area contributed by atoms with E-state index in [0.29, 0.717) is 5.92 Å². The van der Waals surface area contributed by atoms with Crippen molar-refractivity contribution >= 4 is 32.3 Å². The lowest BCUT2D eigenvalue weighted by Crippen LogP contribution is -2.32. The minimum absolute atomic E-state index is 0.133. The van der Waals surface area contributed by atoms with E-state index in [1.807, 2.05) is 0 Å². The summed E-state index contributed by atoms with van der Waals surface area (Å²) in [6.45, 7) is 15.9. The number of nitrogens with zero attached hydrogens (tertiary/aromatic N) is 1. The topological polar surface area (TPSA) is 13.1 Å². The number of aryl methyl sites for hydroxylation is 3. The maximum atomic E-state index is 7.00. The molecular formula is C34H36NO+. The van der Waals surface area contributed by atoms with Crippen molar-refractivity contribution in [2.75, 3.05) is 0 Å². The molecule has 0 radical (unpaired) electrons. The van der Waals surface area contributed by atoms with E-state index >= 15 is 0 Å². The van der Waals surface area contributed by atoms with Crippen LogP contribution in [-0.2, 0) is 13.5 Å². The summed E-state index contributed by atoms with van der Waals surface area (Å²) in [7, 11) is 2.17. The molecule has 1 aliphatic heterocycles. The molecule has 0 saturated heterocycles. The summed E-state index contributed by atoms with van der Waals surface area (Å²) in [4.78, 5) is 0. The first-order chi connectivity index (χ1) is 17.0. The molecule has 0 amide bonds. The van der Waals surface area contributed by atoms with Crippen molar-refractivity contribution in [3.8, 4) is 22.8 Å². The Kier molecular flexibility index (Phi) is 4.99. The minimum Gasteiger partial charge on any atom is -0.455 e. The van der Waals surface area contributed by atoms with Crippen LogP contribution < -0.4 is 9.30 Å². The first-order valence-electron chi connectivity index (χ1n) is 13.2. The fraction of sp³-hybridized carbons (Fsp3) is 0.324. The molecule has 6 rings (SSSR count). The zero-order valence-electron chi connectivity index (χ0n) is 22.8. The van der Waals surface area contributed by atoms with Gasteiger partial charge in [-0.25, -0.2) is 4.57 Å². The first kappa shape index (κ1) is 23.0. The van der Waals surface area contributed by atoms with Gasteiger partial charge in [0.25, 0.3) is 0 Å². The Morgan fingerprint density at radius 2 is 1.61 bits per heavy atom. The Morgan fingerprint density at radius 1 is 0.861 bits per heavy atom. The smallest absolute Gasteiger partial charge is 0.228 e. The van der Waals surface area contributed by atoms with Gasteiger partial charge in [-0.3, -0.25) is 0 Å². The fourth-order valence-corrected chi connectivity index (χ4v) is 6.05. The van der Waals surface area contributed by atoms with E-state index in [1.165, 1.54) is 65.8 Å². The summed E-state index contributed by atoms with van der Waals surface area (Å²) in [5.41, 5.74) is 7.90. The van der Waals surface area contributed by atoms with Crippen LogP contribution in [0.2, 0.25) is 0 Å². The molecule has 1 aliphatic rings. The van der Waals surface area contributed by atoms with Crippen LogP contribution in [0.4, 0.5) is 0 Å². The number of pyridine rings is 1. The second-order valence-electron chi connectivity index (χ2n) is 12.3. The Balaban J connectivity index is 1.78. The number of fused-ring (bicyclic) bond motifs is 5. The summed E-state index contributed by atoms with van der Waals surface area (Å²) in [6, 6.07) is 18.3. The second-order valence-corrected chi connectivity index (χ2v) is 12.3. The maximum absolute atomic E-state index is 7.00. The van der Waals surface area contributed by atoms with E-state index in [0.717, 1.165) is 17.9 Å². The molecule has 0 bridgehead atoms. The SMILES string of the molecule is Cc1ccc2c(CC(C)(C)C)c3c(c(C)c2c1)-c1c2c(cc4cc(C(C)C)ccc4c2cc[n+]1C)O3. The van der Waals surface area contributed by atoms with E-state index in [4.69, 9.17) is 4.74 Å². The number of ether oxygens (including phenoxy) is 1. The molecule has 1 aromatic heterocycles. The fourth-order valence-electron chi connectivity index (χ4n) is 6.05. The van der Waals surface area contributed by atoms with Crippen LogP contribution in [0.1, 0.15) is 62.8 Å². The summed E-state index contributed by atoms with van der Waals surface area (Å²) >= 11 is 0. The lowest BCUT2D eigenvalue weighted by atomic mass is 9.81. The molecule has 36 heavy (non-hydrogen) atoms. The third-order valence-electron chi connectivity index (χ3n) is 7.83. The Labute approximate surface area is 214 Å². The molecule has 0 atom stereocenters. The minimum atomic E-state index is 0.133. The van der Waals surface area contributed by atoms with Gasteiger partial charge < -0.3 is 4.74 Å². The van der Waals surface area contributed by atoms with Crippen LogP contribution in [-0.4, -0.2) is 0 Å². The van der Waals surface area contributed by atoms with Gasteiger partial charge in [0, 0.05) is 17.0 Å². The van der Waals surface area contributed by atoms with Gasteiger partial charge in [-0.2, -0.15) is 0 Å². The van der Waals surface area contributed by atoms with Crippen molar-refractivity contribution in [2.24, 2.45) is 12.5 Å². The van der Waals surface area contributed by atoms with E-state index in [9.17, 15) is 0 Å². The van der Waals surface area contributed by atoms with Crippen LogP contribution >= 0.6 is 0 Å². The quantitative estimate of drug-likeness (QED) is 0.180. The highest BCUT2D eigenvalue weighted by atomic mass is 16.5. The van der Waals surface area contributed by atoms with Crippen molar-refractivity contribution in [2.45, 2.75) is 60.8 Å². The van der Waals surface area contributed by atoms with Crippen molar-refractivity contribution < 1.29 is 9.30 Å². The zero-order valence-corrected chi connectivity index (χ0v) is 22.8. The van der Waals surface area contributed by atoms with E-state index < -0.39 is 0 Å². The lowest BCUT2D eigenvalue weighted by molar-refractivity contribution is -0.659. The highest BCUT2D eigenvalue weighted by Crippen LogP contribution is 2.52. The van der Waals surface area contributed by atoms with Gasteiger partial charge >= 0.3 is 0 Å². The average Bonchev–Trinajstić information content (AvgIpc) is 2.81. The van der Waals surface area contributed by atoms with E-state index in [-0.39, 0.29) is 5.41 Å². The molecule has 0 unspecified atom stereocenters. The highest BCUT2D eigenvalue weighted by Gasteiger charge is 2.34. The molecule has 2 heterocycles. The predicted octanol–water partition coefficient (Wildman–Crippen LogP) is 9.07. The Hall–Kier alpha value is -3.39. The molecule has 0 saturated carbocycles. The summed E-state index contributed by atoms with van der Waals surface area (Å²) in [6.07, 6.45) is 3.17. The molecule has 4 aromatic carbocycles. The van der Waals surface area contributed by atoms with Crippen LogP contribution in [0.3, 0.4) is 0 Å². The molecule has 0 aliphatic carbocycles. The molecule has 0 spiro atoms. The average molecular weight is 475 g/mol. The van der Waals surface area contributed by atoms with E-state index in [2.05, 4.69) is 115 Å². The third kappa shape index (κ3) is 3.42. The van der Waals surface area contributed by atoms with Gasteiger partial charge in [0.2, 0.25) is 5.69 Å². The Morgan fingerprint density at radius 3 is 2.33 bits per heavy atom. The lowest BCUT2D eigenvalue weighted by Gasteiger charge is -2.28. The van der Waals surface area contributed by atoms with Gasteiger partial charge in [-0.1, -0.05) is 76.6 Å². The van der Waals surface area contributed by atoms with Gasteiger partial charge in [0.05, 0.1) is 10.9 Å². The number of benzene rings is 4. The standard InChI is InChI=1S/C34H36NO/c1-19(2)22-10-12-24-23(16-22)17-29-31-26(24)13-14-35(8)32(31)30-21(4)27-15-20(3)9-11-25(27)28(33(30)36-29)18-34(5,6)7/h9-17,19H,18H2,1-8H3/q+1. The van der Waals surface area contributed by atoms with Crippen molar-refractivity contribution in [3.05, 3.63) is 77.0 Å². The largest absolute Gasteiger partial charge is 0.455 e. The Bertz CT molecular complexity index is 1720. The second kappa shape index (κ2) is 7.80. The van der Waals surface area contributed by atoms with Crippen molar-refractivity contribution in [3.63, 3.8) is 0 Å². The highest BCUT2D eigenvalue weighted by molar-refractivity contribution is 6.16. The molecule has 182 valence electrons. The van der Waals surface area contributed by atoms with Crippen molar-refractivity contribution in [1.29, 1.82) is 0 Å². The summed E-state index contributed by atoms with van der Waals surface area (Å²) in [5, 5.41) is 7.66. The molecular weight excluding hydrogens is 438 g/mol. The molecule has 2 heteroatoms. The van der Waals surface area contributed by atoms with Gasteiger partial charge in [0.1, 0.15) is 18.5 Å². The first-order valence-corrected chi connectivity index (χ1v) is 13.2. The van der Waals surface area contributed by atoms with Gasteiger partial charge in [-0.05, 0) is 70.3 Å². The number of hydrogen-bond acceptors (Lipinski definition) is 1. The number of rotatable bonds is 2. The van der Waals surface area contributed by atoms with Crippen LogP contribution in [0, 0.1) is 19.3 Å².